The summed E-state index contributed by atoms with van der Waals surface area (Å²) in [7, 11) is -3.36. The van der Waals surface area contributed by atoms with Crippen LogP contribution in [-0.2, 0) is 22.1 Å². The third-order valence-corrected chi connectivity index (χ3v) is 5.35. The van der Waals surface area contributed by atoms with Crippen LogP contribution in [0.2, 0.25) is 0 Å². The number of nitrogens with zero attached hydrogens (tertiary/aromatic N) is 2. The molecular weight excluding hydrogens is 388 g/mol. The minimum Gasteiger partial charge on any atom is -0.451 e. The topological polar surface area (TPSA) is 91.4 Å². The summed E-state index contributed by atoms with van der Waals surface area (Å²) < 4.78 is 29.8. The van der Waals surface area contributed by atoms with Crippen LogP contribution in [0.1, 0.15) is 40.6 Å². The Morgan fingerprint density at radius 2 is 1.83 bits per heavy atom. The van der Waals surface area contributed by atoms with Crippen LogP contribution in [0.3, 0.4) is 0 Å². The van der Waals surface area contributed by atoms with Gasteiger partial charge in [0.15, 0.2) is 15.6 Å². The van der Waals surface area contributed by atoms with Crippen molar-refractivity contribution in [2.24, 2.45) is 0 Å². The first-order valence-electron chi connectivity index (χ1n) is 9.29. The number of sulfone groups is 1. The summed E-state index contributed by atoms with van der Waals surface area (Å²) in [6, 6.07) is 16.2. The quantitative estimate of drug-likeness (QED) is 0.589. The van der Waals surface area contributed by atoms with Gasteiger partial charge in [-0.05, 0) is 30.2 Å². The third-order valence-electron chi connectivity index (χ3n) is 4.54. The molecule has 1 amide bonds. The molecule has 0 spiro atoms. The van der Waals surface area contributed by atoms with Crippen LogP contribution >= 0.6 is 0 Å². The summed E-state index contributed by atoms with van der Waals surface area (Å²) in [6.45, 7) is 2.80. The number of hydrogen-bond donors (Lipinski definition) is 0. The number of fused-ring (bicyclic) bond motifs is 1. The van der Waals surface area contributed by atoms with E-state index in [-0.39, 0.29) is 17.4 Å². The summed E-state index contributed by atoms with van der Waals surface area (Å²) in [6.07, 6.45) is 1.88. The first-order valence-corrected chi connectivity index (χ1v) is 11.3. The predicted octanol–water partition coefficient (Wildman–Crippen LogP) is 3.90. The van der Waals surface area contributed by atoms with E-state index in [9.17, 15) is 13.2 Å². The van der Waals surface area contributed by atoms with Crippen LogP contribution in [0.5, 0.6) is 0 Å². The molecule has 29 heavy (non-hydrogen) atoms. The van der Waals surface area contributed by atoms with Crippen LogP contribution < -0.4 is 0 Å². The molecule has 0 fully saturated rings. The van der Waals surface area contributed by atoms with Crippen molar-refractivity contribution in [2.75, 3.05) is 12.8 Å². The van der Waals surface area contributed by atoms with Crippen LogP contribution in [0.25, 0.3) is 11.0 Å². The number of rotatable bonds is 7. The molecule has 6 nitrogen and oxygen atoms in total. The smallest absolute Gasteiger partial charge is 0.290 e. The Morgan fingerprint density at radius 1 is 1.14 bits per heavy atom. The van der Waals surface area contributed by atoms with Gasteiger partial charge >= 0.3 is 0 Å². The molecule has 2 aromatic carbocycles. The van der Waals surface area contributed by atoms with Gasteiger partial charge in [-0.15, -0.1) is 0 Å². The van der Waals surface area contributed by atoms with Crippen molar-refractivity contribution in [2.45, 2.75) is 25.6 Å². The van der Waals surface area contributed by atoms with Crippen LogP contribution in [0.15, 0.2) is 52.9 Å². The molecule has 7 heteroatoms. The predicted molar refractivity (Wildman–Crippen MR) is 111 cm³/mol. The van der Waals surface area contributed by atoms with Crippen LogP contribution in [0, 0.1) is 11.3 Å². The second-order valence-electron chi connectivity index (χ2n) is 7.01. The Kier molecular flexibility index (Phi) is 6.04. The fourth-order valence-corrected chi connectivity index (χ4v) is 4.06. The van der Waals surface area contributed by atoms with Crippen molar-refractivity contribution in [3.63, 3.8) is 0 Å². The lowest BCUT2D eigenvalue weighted by Gasteiger charge is -2.21. The van der Waals surface area contributed by atoms with E-state index in [1.165, 1.54) is 0 Å². The summed E-state index contributed by atoms with van der Waals surface area (Å²) in [5.41, 5.74) is 2.32. The van der Waals surface area contributed by atoms with Crippen LogP contribution in [-0.4, -0.2) is 32.0 Å². The fourth-order valence-electron chi connectivity index (χ4n) is 3.25. The highest BCUT2D eigenvalue weighted by Gasteiger charge is 2.27. The molecule has 0 saturated heterocycles. The Hall–Kier alpha value is -3.11. The van der Waals surface area contributed by atoms with Gasteiger partial charge in [-0.1, -0.05) is 37.3 Å². The standard InChI is InChI=1S/C22H22N2O4S/c1-3-12-24(14-17-10-8-16(13-23)9-11-17)22(25)21-19(15-29(2,26)27)18-6-4-5-7-20(18)28-21/h4-11H,3,12,14-15H2,1-2H3. The molecule has 1 aromatic heterocycles. The number of benzene rings is 2. The van der Waals surface area contributed by atoms with E-state index >= 15 is 0 Å². The Bertz CT molecular complexity index is 1170. The second kappa shape index (κ2) is 8.50. The number of nitriles is 1. The molecule has 0 unspecified atom stereocenters. The highest BCUT2D eigenvalue weighted by Crippen LogP contribution is 2.29. The van der Waals surface area contributed by atoms with Crippen molar-refractivity contribution in [3.05, 3.63) is 71.0 Å². The summed E-state index contributed by atoms with van der Waals surface area (Å²) in [5.74, 6) is -0.535. The largest absolute Gasteiger partial charge is 0.451 e. The maximum atomic E-state index is 13.3. The van der Waals surface area contributed by atoms with E-state index < -0.39 is 9.84 Å². The minimum absolute atomic E-state index is 0.0683. The van der Waals surface area contributed by atoms with Gasteiger partial charge < -0.3 is 9.32 Å². The van der Waals surface area contributed by atoms with E-state index in [0.717, 1.165) is 18.2 Å². The zero-order valence-electron chi connectivity index (χ0n) is 16.4. The van der Waals surface area contributed by atoms with Crippen molar-refractivity contribution in [3.8, 4) is 6.07 Å². The molecule has 0 atom stereocenters. The van der Waals surface area contributed by atoms with Crippen molar-refractivity contribution in [1.29, 1.82) is 5.26 Å². The van der Waals surface area contributed by atoms with E-state index in [2.05, 4.69) is 6.07 Å². The fraction of sp³-hybridized carbons (Fsp3) is 0.273. The van der Waals surface area contributed by atoms with Gasteiger partial charge in [0.1, 0.15) is 5.58 Å². The summed E-state index contributed by atoms with van der Waals surface area (Å²) in [5, 5.41) is 9.58. The summed E-state index contributed by atoms with van der Waals surface area (Å²) in [4.78, 5) is 15.0. The monoisotopic (exact) mass is 410 g/mol. The Morgan fingerprint density at radius 3 is 2.45 bits per heavy atom. The van der Waals surface area contributed by atoms with E-state index in [1.54, 1.807) is 41.3 Å². The molecule has 3 rings (SSSR count). The highest BCUT2D eigenvalue weighted by atomic mass is 32.2. The zero-order valence-corrected chi connectivity index (χ0v) is 17.2. The molecular formula is C22H22N2O4S. The van der Waals surface area contributed by atoms with Gasteiger partial charge in [-0.3, -0.25) is 4.79 Å². The normalized spacial score (nSPS) is 11.3. The van der Waals surface area contributed by atoms with E-state index in [0.29, 0.717) is 35.2 Å². The number of amides is 1. The first-order chi connectivity index (χ1) is 13.8. The maximum absolute atomic E-state index is 13.3. The van der Waals surface area contributed by atoms with Crippen molar-refractivity contribution in [1.82, 2.24) is 4.90 Å². The Balaban J connectivity index is 2.00. The number of carbonyl (C=O) groups is 1. The number of hydrogen-bond acceptors (Lipinski definition) is 5. The lowest BCUT2D eigenvalue weighted by molar-refractivity contribution is 0.0712. The molecule has 3 aromatic rings. The molecule has 0 aliphatic heterocycles. The highest BCUT2D eigenvalue weighted by molar-refractivity contribution is 7.89. The van der Waals surface area contributed by atoms with Gasteiger partial charge in [0.2, 0.25) is 0 Å². The molecule has 0 N–H and O–H groups in total. The molecule has 0 saturated carbocycles. The van der Waals surface area contributed by atoms with E-state index in [4.69, 9.17) is 9.68 Å². The van der Waals surface area contributed by atoms with Gasteiger partial charge in [-0.25, -0.2) is 8.42 Å². The van der Waals surface area contributed by atoms with Crippen molar-refractivity contribution >= 4 is 26.7 Å². The average Bonchev–Trinajstić information content (AvgIpc) is 3.04. The second-order valence-corrected chi connectivity index (χ2v) is 9.15. The molecule has 0 aliphatic rings. The summed E-state index contributed by atoms with van der Waals surface area (Å²) >= 11 is 0. The maximum Gasteiger partial charge on any atom is 0.290 e. The van der Waals surface area contributed by atoms with Gasteiger partial charge in [0, 0.05) is 30.3 Å². The molecule has 0 bridgehead atoms. The zero-order chi connectivity index (χ0) is 21.0. The lowest BCUT2D eigenvalue weighted by atomic mass is 10.1. The SMILES string of the molecule is CCCN(Cc1ccc(C#N)cc1)C(=O)c1oc2ccccc2c1CS(C)(=O)=O. The Labute approximate surface area is 170 Å². The number of para-hydroxylation sites is 1. The first kappa shape index (κ1) is 20.6. The molecule has 0 radical (unpaired) electrons. The van der Waals surface area contributed by atoms with Gasteiger partial charge in [0.05, 0.1) is 17.4 Å². The average molecular weight is 410 g/mol. The molecule has 150 valence electrons. The number of carbonyl (C=O) groups excluding carboxylic acids is 1. The van der Waals surface area contributed by atoms with Gasteiger partial charge in [0.25, 0.3) is 5.91 Å². The van der Waals surface area contributed by atoms with Crippen LogP contribution in [0.4, 0.5) is 0 Å². The van der Waals surface area contributed by atoms with E-state index in [1.807, 2.05) is 19.1 Å². The molecule has 0 aliphatic carbocycles. The number of furan rings is 1. The van der Waals surface area contributed by atoms with Crippen molar-refractivity contribution < 1.29 is 17.6 Å². The minimum atomic E-state index is -3.36. The van der Waals surface area contributed by atoms with Gasteiger partial charge in [-0.2, -0.15) is 5.26 Å². The lowest BCUT2D eigenvalue weighted by Crippen LogP contribution is -2.31. The molecule has 1 heterocycles. The third kappa shape index (κ3) is 4.84.